The molecule has 0 bridgehead atoms. The molecule has 3 aromatic rings. The number of rotatable bonds is 5. The number of hydrogen-bond donors (Lipinski definition) is 0. The Kier molecular flexibility index (Phi) is 5.00. The van der Waals surface area contributed by atoms with Gasteiger partial charge < -0.3 is 19.0 Å². The Bertz CT molecular complexity index is 858. The van der Waals surface area contributed by atoms with Crippen LogP contribution < -0.4 is 9.64 Å². The first-order valence-corrected chi connectivity index (χ1v) is 8.87. The second kappa shape index (κ2) is 7.90. The van der Waals surface area contributed by atoms with Crippen LogP contribution in [0, 0.1) is 0 Å². The Morgan fingerprint density at radius 2 is 1.74 bits per heavy atom. The van der Waals surface area contributed by atoms with E-state index in [9.17, 15) is 4.79 Å². The van der Waals surface area contributed by atoms with Crippen molar-refractivity contribution in [2.24, 2.45) is 0 Å². The predicted octanol–water partition coefficient (Wildman–Crippen LogP) is 2.46. The van der Waals surface area contributed by atoms with E-state index in [0.29, 0.717) is 24.7 Å². The van der Waals surface area contributed by atoms with Gasteiger partial charge in [0.25, 0.3) is 5.91 Å². The minimum atomic E-state index is 0.00342. The molecule has 27 heavy (non-hydrogen) atoms. The van der Waals surface area contributed by atoms with Crippen molar-refractivity contribution >= 4 is 11.6 Å². The molecule has 1 amide bonds. The molecule has 2 aromatic carbocycles. The first-order chi connectivity index (χ1) is 13.3. The highest BCUT2D eigenvalue weighted by molar-refractivity contribution is 5.78. The first kappa shape index (κ1) is 17.1. The van der Waals surface area contributed by atoms with E-state index < -0.39 is 0 Å². The van der Waals surface area contributed by atoms with Crippen molar-refractivity contribution in [2.45, 2.75) is 0 Å². The van der Waals surface area contributed by atoms with Gasteiger partial charge in [-0.15, -0.1) is 10.2 Å². The van der Waals surface area contributed by atoms with Crippen LogP contribution in [0.15, 0.2) is 65.4 Å². The summed E-state index contributed by atoms with van der Waals surface area (Å²) in [7, 11) is 0. The van der Waals surface area contributed by atoms with E-state index in [1.165, 1.54) is 12.1 Å². The molecule has 2 heterocycles. The number of amides is 1. The van der Waals surface area contributed by atoms with Crippen molar-refractivity contribution in [1.29, 1.82) is 0 Å². The van der Waals surface area contributed by atoms with Gasteiger partial charge >= 0.3 is 0 Å². The quantitative estimate of drug-likeness (QED) is 0.693. The number of carbonyl (C=O) groups excluding carboxylic acids is 1. The van der Waals surface area contributed by atoms with E-state index in [2.05, 4.69) is 27.2 Å². The summed E-state index contributed by atoms with van der Waals surface area (Å²) in [5, 5.41) is 7.51. The van der Waals surface area contributed by atoms with Gasteiger partial charge in [-0.05, 0) is 36.4 Å². The zero-order valence-electron chi connectivity index (χ0n) is 14.8. The lowest BCUT2D eigenvalue weighted by Crippen LogP contribution is -2.50. The van der Waals surface area contributed by atoms with E-state index in [0.717, 1.165) is 18.7 Å². The number of benzene rings is 2. The molecule has 0 radical (unpaired) electrons. The lowest BCUT2D eigenvalue weighted by molar-refractivity contribution is -0.133. The van der Waals surface area contributed by atoms with Crippen LogP contribution in [0.3, 0.4) is 0 Å². The monoisotopic (exact) mass is 364 g/mol. The molecule has 1 saturated heterocycles. The molecule has 0 atom stereocenters. The second-order valence-corrected chi connectivity index (χ2v) is 6.26. The largest absolute Gasteiger partial charge is 0.484 e. The smallest absolute Gasteiger partial charge is 0.260 e. The highest BCUT2D eigenvalue weighted by Crippen LogP contribution is 2.20. The van der Waals surface area contributed by atoms with Gasteiger partial charge in [0, 0.05) is 37.4 Å². The van der Waals surface area contributed by atoms with Gasteiger partial charge in [0.2, 0.25) is 12.3 Å². The van der Waals surface area contributed by atoms with Gasteiger partial charge in [-0.1, -0.05) is 18.2 Å². The molecule has 1 aromatic heterocycles. The van der Waals surface area contributed by atoms with Crippen LogP contribution in [0.1, 0.15) is 0 Å². The molecular weight excluding hydrogens is 344 g/mol. The molecular formula is C20H20N4O3. The minimum absolute atomic E-state index is 0.00342. The molecule has 1 aliphatic heterocycles. The molecule has 138 valence electrons. The summed E-state index contributed by atoms with van der Waals surface area (Å²) in [6.07, 6.45) is 1.29. The third-order valence-electron chi connectivity index (χ3n) is 4.58. The fourth-order valence-corrected chi connectivity index (χ4v) is 3.08. The van der Waals surface area contributed by atoms with E-state index in [4.69, 9.17) is 9.15 Å². The Morgan fingerprint density at radius 1 is 1.00 bits per heavy atom. The molecule has 7 nitrogen and oxygen atoms in total. The number of aromatic nitrogens is 2. The van der Waals surface area contributed by atoms with Crippen LogP contribution in [-0.2, 0) is 4.79 Å². The maximum Gasteiger partial charge on any atom is 0.260 e. The van der Waals surface area contributed by atoms with Gasteiger partial charge in [0.15, 0.2) is 6.61 Å². The zero-order chi connectivity index (χ0) is 18.5. The molecule has 0 N–H and O–H groups in total. The summed E-state index contributed by atoms with van der Waals surface area (Å²) in [5.41, 5.74) is 2.00. The Morgan fingerprint density at radius 3 is 2.41 bits per heavy atom. The number of piperazine rings is 1. The van der Waals surface area contributed by atoms with Gasteiger partial charge in [-0.2, -0.15) is 0 Å². The maximum atomic E-state index is 12.4. The molecule has 0 spiro atoms. The molecule has 0 aliphatic carbocycles. The third-order valence-corrected chi connectivity index (χ3v) is 4.58. The van der Waals surface area contributed by atoms with E-state index in [1.807, 2.05) is 35.2 Å². The normalized spacial score (nSPS) is 14.2. The van der Waals surface area contributed by atoms with Crippen LogP contribution in [0.25, 0.3) is 11.5 Å². The number of ether oxygens (including phenoxy) is 1. The summed E-state index contributed by atoms with van der Waals surface area (Å²) in [5.74, 6) is 1.09. The van der Waals surface area contributed by atoms with Crippen LogP contribution in [-0.4, -0.2) is 53.8 Å². The Labute approximate surface area is 157 Å². The zero-order valence-corrected chi connectivity index (χ0v) is 14.8. The highest BCUT2D eigenvalue weighted by atomic mass is 16.5. The van der Waals surface area contributed by atoms with Gasteiger partial charge in [-0.25, -0.2) is 0 Å². The molecule has 1 aliphatic rings. The lowest BCUT2D eigenvalue weighted by Gasteiger charge is -2.36. The van der Waals surface area contributed by atoms with Crippen molar-refractivity contribution in [1.82, 2.24) is 15.1 Å². The lowest BCUT2D eigenvalue weighted by atomic mass is 10.2. The summed E-state index contributed by atoms with van der Waals surface area (Å²) in [6, 6.07) is 17.5. The van der Waals surface area contributed by atoms with Gasteiger partial charge in [0.05, 0.1) is 0 Å². The maximum absolute atomic E-state index is 12.4. The fraction of sp³-hybridized carbons (Fsp3) is 0.250. The van der Waals surface area contributed by atoms with Gasteiger partial charge in [0.1, 0.15) is 5.75 Å². The van der Waals surface area contributed by atoms with E-state index >= 15 is 0 Å². The van der Waals surface area contributed by atoms with Crippen molar-refractivity contribution in [2.75, 3.05) is 37.7 Å². The fourth-order valence-electron chi connectivity index (χ4n) is 3.08. The number of carbonyl (C=O) groups is 1. The molecule has 1 fully saturated rings. The standard InChI is InChI=1S/C20H20N4O3/c25-19(24-12-10-23(11-13-24)17-4-2-1-3-5-17)14-26-18-8-6-16(7-9-18)20-22-21-15-27-20/h1-9,15H,10-14H2. The number of nitrogens with zero attached hydrogens (tertiary/aromatic N) is 4. The average molecular weight is 364 g/mol. The predicted molar refractivity (Wildman–Crippen MR) is 100 cm³/mol. The summed E-state index contributed by atoms with van der Waals surface area (Å²) in [4.78, 5) is 16.6. The second-order valence-electron chi connectivity index (χ2n) is 6.26. The van der Waals surface area contributed by atoms with Crippen LogP contribution in [0.4, 0.5) is 5.69 Å². The Hall–Kier alpha value is -3.35. The highest BCUT2D eigenvalue weighted by Gasteiger charge is 2.21. The van der Waals surface area contributed by atoms with Crippen molar-refractivity contribution in [3.8, 4) is 17.2 Å². The van der Waals surface area contributed by atoms with Crippen LogP contribution >= 0.6 is 0 Å². The summed E-state index contributed by atoms with van der Waals surface area (Å²) >= 11 is 0. The van der Waals surface area contributed by atoms with Crippen LogP contribution in [0.2, 0.25) is 0 Å². The SMILES string of the molecule is O=C(COc1ccc(-c2nnco2)cc1)N1CCN(c2ccccc2)CC1. The molecule has 4 rings (SSSR count). The first-order valence-electron chi connectivity index (χ1n) is 8.87. The topological polar surface area (TPSA) is 71.7 Å². The van der Waals surface area contributed by atoms with Crippen molar-refractivity contribution in [3.63, 3.8) is 0 Å². The third kappa shape index (κ3) is 4.08. The van der Waals surface area contributed by atoms with E-state index in [1.54, 1.807) is 12.1 Å². The van der Waals surface area contributed by atoms with Crippen molar-refractivity contribution in [3.05, 3.63) is 61.0 Å². The number of hydrogen-bond acceptors (Lipinski definition) is 6. The Balaban J connectivity index is 1.26. The van der Waals surface area contributed by atoms with Crippen molar-refractivity contribution < 1.29 is 13.9 Å². The molecule has 0 saturated carbocycles. The molecule has 0 unspecified atom stereocenters. The van der Waals surface area contributed by atoms with E-state index in [-0.39, 0.29) is 12.5 Å². The van der Waals surface area contributed by atoms with Gasteiger partial charge in [-0.3, -0.25) is 4.79 Å². The summed E-state index contributed by atoms with van der Waals surface area (Å²) in [6.45, 7) is 3.09. The summed E-state index contributed by atoms with van der Waals surface area (Å²) < 4.78 is 10.8. The number of para-hydroxylation sites is 1. The molecule has 7 heteroatoms. The number of anilines is 1. The average Bonchev–Trinajstić information content (AvgIpc) is 3.28. The minimum Gasteiger partial charge on any atom is -0.484 e. The van der Waals surface area contributed by atoms with Crippen LogP contribution in [0.5, 0.6) is 5.75 Å².